The summed E-state index contributed by atoms with van der Waals surface area (Å²) in [6, 6.07) is 11.2. The minimum Gasteiger partial charge on any atom is -0.504 e. The number of benzene rings is 2. The Hall–Kier alpha value is -4.11. The zero-order chi connectivity index (χ0) is 32.7. The molecule has 238 valence electrons. The van der Waals surface area contributed by atoms with Crippen LogP contribution in [0.3, 0.4) is 0 Å². The van der Waals surface area contributed by atoms with Crippen molar-refractivity contribution in [3.8, 4) is 11.5 Å². The van der Waals surface area contributed by atoms with Gasteiger partial charge in [-0.3, -0.25) is 4.79 Å². The van der Waals surface area contributed by atoms with Gasteiger partial charge in [-0.05, 0) is 50.5 Å². The van der Waals surface area contributed by atoms with Gasteiger partial charge in [-0.2, -0.15) is 0 Å². The quantitative estimate of drug-likeness (QED) is 0.0753. The van der Waals surface area contributed by atoms with Gasteiger partial charge < -0.3 is 30.6 Å². The van der Waals surface area contributed by atoms with E-state index in [1.807, 2.05) is 27.7 Å². The number of rotatable bonds is 13. The van der Waals surface area contributed by atoms with Crippen molar-refractivity contribution in [1.29, 1.82) is 0 Å². The van der Waals surface area contributed by atoms with Gasteiger partial charge in [0.1, 0.15) is 11.3 Å². The zero-order valence-electron chi connectivity index (χ0n) is 27.3. The number of pyridine rings is 1. The number of imidazole rings is 1. The standard InChI is InChI=1S/C33H43N5O4.C2H6/c1-7-9-13-26-36-28-29(38(26)19-21-11-10-12-25(39)30(21)41)23-15-14-22(18-24(23)35-31(28)34)32(3,4)20-42-17-16-33(5,6)37-27(40)8-2;1-2/h8,10-12,14-15,18,39,41H,2,7,9,13,16-17,19-20H2,1,3-6H3,(H2,34,35)(H,37,40);1-2H3. The highest BCUT2D eigenvalue weighted by Gasteiger charge is 2.25. The van der Waals surface area contributed by atoms with Gasteiger partial charge in [-0.25, -0.2) is 9.97 Å². The fraction of sp³-hybridized carbons (Fsp3) is 0.457. The first kappa shape index (κ1) is 34.4. The third kappa shape index (κ3) is 7.88. The lowest BCUT2D eigenvalue weighted by molar-refractivity contribution is -0.118. The summed E-state index contributed by atoms with van der Waals surface area (Å²) in [5.41, 5.74) is 9.67. The third-order valence-electron chi connectivity index (χ3n) is 7.73. The lowest BCUT2D eigenvalue weighted by atomic mass is 9.85. The predicted molar refractivity (Wildman–Crippen MR) is 179 cm³/mol. The van der Waals surface area contributed by atoms with Crippen molar-refractivity contribution in [3.05, 3.63) is 66.0 Å². The minimum absolute atomic E-state index is 0.136. The van der Waals surface area contributed by atoms with E-state index in [1.165, 1.54) is 12.1 Å². The second kappa shape index (κ2) is 14.6. The van der Waals surface area contributed by atoms with E-state index in [9.17, 15) is 15.0 Å². The monoisotopic (exact) mass is 603 g/mol. The molecule has 0 aliphatic rings. The van der Waals surface area contributed by atoms with Crippen molar-refractivity contribution in [3.63, 3.8) is 0 Å². The number of anilines is 1. The maximum atomic E-state index is 11.7. The molecule has 0 saturated carbocycles. The highest BCUT2D eigenvalue weighted by atomic mass is 16.5. The van der Waals surface area contributed by atoms with Crippen LogP contribution in [0.4, 0.5) is 5.82 Å². The van der Waals surface area contributed by atoms with Crippen LogP contribution in [0.15, 0.2) is 49.1 Å². The number of carbonyl (C=O) groups excluding carboxylic acids is 1. The molecule has 44 heavy (non-hydrogen) atoms. The first-order valence-electron chi connectivity index (χ1n) is 15.5. The zero-order valence-corrected chi connectivity index (χ0v) is 27.3. The summed E-state index contributed by atoms with van der Waals surface area (Å²) in [4.78, 5) is 21.3. The van der Waals surface area contributed by atoms with E-state index in [1.54, 1.807) is 12.1 Å². The number of phenols is 2. The summed E-state index contributed by atoms with van der Waals surface area (Å²) in [6.45, 7) is 19.1. The van der Waals surface area contributed by atoms with Crippen LogP contribution in [0.1, 0.15) is 84.7 Å². The number of hydrogen-bond donors (Lipinski definition) is 4. The number of amides is 1. The number of nitrogens with zero attached hydrogens (tertiary/aromatic N) is 3. The number of nitrogen functional groups attached to an aromatic ring is 1. The third-order valence-corrected chi connectivity index (χ3v) is 7.73. The molecular formula is C35H49N5O4. The molecule has 1 amide bonds. The number of phenolic OH excluding ortho intramolecular Hbond substituents is 2. The number of hydrogen-bond acceptors (Lipinski definition) is 7. The normalized spacial score (nSPS) is 11.8. The number of nitrogens with two attached hydrogens (primary N) is 1. The number of aromatic nitrogens is 3. The number of fused-ring (bicyclic) bond motifs is 3. The molecule has 0 radical (unpaired) electrons. The van der Waals surface area contributed by atoms with Crippen molar-refractivity contribution >= 4 is 33.7 Å². The summed E-state index contributed by atoms with van der Waals surface area (Å²) >= 11 is 0. The highest BCUT2D eigenvalue weighted by molar-refractivity contribution is 6.06. The van der Waals surface area contributed by atoms with Crippen LogP contribution in [-0.4, -0.2) is 49.4 Å². The molecule has 0 bridgehead atoms. The number of unbranched alkanes of at least 4 members (excludes halogenated alkanes) is 1. The molecule has 0 atom stereocenters. The largest absolute Gasteiger partial charge is 0.504 e. The maximum absolute atomic E-state index is 11.7. The lowest BCUT2D eigenvalue weighted by Gasteiger charge is -2.28. The molecule has 0 aliphatic carbocycles. The molecule has 0 spiro atoms. The van der Waals surface area contributed by atoms with Crippen LogP contribution >= 0.6 is 0 Å². The molecule has 0 unspecified atom stereocenters. The van der Waals surface area contributed by atoms with Crippen molar-refractivity contribution in [2.45, 2.75) is 91.6 Å². The lowest BCUT2D eigenvalue weighted by Crippen LogP contribution is -2.43. The molecule has 0 fully saturated rings. The Labute approximate surface area is 261 Å². The number of aryl methyl sites for hydroxylation is 1. The predicted octanol–water partition coefficient (Wildman–Crippen LogP) is 6.76. The van der Waals surface area contributed by atoms with E-state index in [2.05, 4.69) is 55.4 Å². The summed E-state index contributed by atoms with van der Waals surface area (Å²) in [6.07, 6.45) is 4.65. The van der Waals surface area contributed by atoms with Crippen molar-refractivity contribution in [2.75, 3.05) is 18.9 Å². The number of ether oxygens (including phenoxy) is 1. The Morgan fingerprint density at radius 1 is 1.14 bits per heavy atom. The van der Waals surface area contributed by atoms with E-state index in [0.29, 0.717) is 43.1 Å². The topological polar surface area (TPSA) is 136 Å². The van der Waals surface area contributed by atoms with Gasteiger partial charge in [0.2, 0.25) is 5.91 Å². The van der Waals surface area contributed by atoms with Crippen LogP contribution in [0, 0.1) is 0 Å². The van der Waals surface area contributed by atoms with Gasteiger partial charge in [0.25, 0.3) is 0 Å². The number of aromatic hydroxyl groups is 2. The number of carbonyl (C=O) groups is 1. The Balaban J connectivity index is 0.00000259. The van der Waals surface area contributed by atoms with Gasteiger partial charge in [-0.1, -0.05) is 71.9 Å². The van der Waals surface area contributed by atoms with Crippen LogP contribution in [-0.2, 0) is 27.9 Å². The molecule has 9 nitrogen and oxygen atoms in total. The molecule has 2 aromatic carbocycles. The van der Waals surface area contributed by atoms with Gasteiger partial charge >= 0.3 is 0 Å². The van der Waals surface area contributed by atoms with Gasteiger partial charge in [-0.15, -0.1) is 0 Å². The van der Waals surface area contributed by atoms with Crippen molar-refractivity contribution in [1.82, 2.24) is 19.9 Å². The van der Waals surface area contributed by atoms with E-state index < -0.39 is 5.54 Å². The van der Waals surface area contributed by atoms with E-state index >= 15 is 0 Å². The second-order valence-electron chi connectivity index (χ2n) is 12.2. The average molecular weight is 604 g/mol. The number of para-hydroxylation sites is 1. The Kier molecular flexibility index (Phi) is 11.4. The van der Waals surface area contributed by atoms with Gasteiger partial charge in [0.15, 0.2) is 17.3 Å². The van der Waals surface area contributed by atoms with Crippen LogP contribution in [0.2, 0.25) is 0 Å². The molecule has 0 saturated heterocycles. The average Bonchev–Trinajstić information content (AvgIpc) is 3.35. The summed E-state index contributed by atoms with van der Waals surface area (Å²) in [7, 11) is 0. The van der Waals surface area contributed by atoms with Crippen LogP contribution < -0.4 is 11.1 Å². The van der Waals surface area contributed by atoms with Crippen LogP contribution in [0.25, 0.3) is 21.9 Å². The molecular weight excluding hydrogens is 554 g/mol. The van der Waals surface area contributed by atoms with Crippen molar-refractivity contribution in [2.24, 2.45) is 0 Å². The Bertz CT molecular complexity index is 1610. The fourth-order valence-corrected chi connectivity index (χ4v) is 5.14. The maximum Gasteiger partial charge on any atom is 0.243 e. The number of nitrogens with one attached hydrogen (secondary N) is 1. The molecule has 4 rings (SSSR count). The highest BCUT2D eigenvalue weighted by Crippen LogP contribution is 2.35. The summed E-state index contributed by atoms with van der Waals surface area (Å²) in [5.74, 6) is 0.722. The van der Waals surface area contributed by atoms with E-state index in [0.717, 1.165) is 47.1 Å². The summed E-state index contributed by atoms with van der Waals surface area (Å²) in [5, 5.41) is 24.5. The minimum atomic E-state index is -0.403. The molecule has 4 aromatic rings. The van der Waals surface area contributed by atoms with Crippen molar-refractivity contribution < 1.29 is 19.7 Å². The van der Waals surface area contributed by atoms with E-state index in [-0.39, 0.29) is 22.8 Å². The molecule has 2 heterocycles. The Morgan fingerprint density at radius 3 is 2.55 bits per heavy atom. The molecule has 5 N–H and O–H groups in total. The first-order valence-corrected chi connectivity index (χ1v) is 15.5. The SMILES string of the molecule is C=CC(=O)NC(C)(C)CCOCC(C)(C)c1ccc2c(c1)nc(N)c1nc(CCCC)n(Cc3cccc(O)c3O)c12.CC. The fourth-order valence-electron chi connectivity index (χ4n) is 5.14. The molecule has 9 heteroatoms. The van der Waals surface area contributed by atoms with E-state index in [4.69, 9.17) is 20.4 Å². The van der Waals surface area contributed by atoms with Gasteiger partial charge in [0.05, 0.1) is 24.2 Å². The van der Waals surface area contributed by atoms with Gasteiger partial charge in [0, 0.05) is 34.9 Å². The van der Waals surface area contributed by atoms with Crippen LogP contribution in [0.5, 0.6) is 11.5 Å². The first-order chi connectivity index (χ1) is 20.9. The molecule has 2 aromatic heterocycles. The molecule has 0 aliphatic heterocycles. The second-order valence-corrected chi connectivity index (χ2v) is 12.2. The summed E-state index contributed by atoms with van der Waals surface area (Å²) < 4.78 is 8.16. The Morgan fingerprint density at radius 2 is 1.86 bits per heavy atom. The smallest absolute Gasteiger partial charge is 0.243 e.